The molecule has 0 aliphatic rings. The van der Waals surface area contributed by atoms with Crippen LogP contribution in [0.2, 0.25) is 0 Å². The van der Waals surface area contributed by atoms with Gasteiger partial charge in [-0.1, -0.05) is 36.1 Å². The number of carbonyl (C=O) groups excluding carboxylic acids is 2. The van der Waals surface area contributed by atoms with Crippen LogP contribution in [0.15, 0.2) is 84.9 Å². The monoisotopic (exact) mass is 496 g/mol. The van der Waals surface area contributed by atoms with E-state index >= 15 is 0 Å². The van der Waals surface area contributed by atoms with Gasteiger partial charge in [0.2, 0.25) is 0 Å². The lowest BCUT2D eigenvalue weighted by Gasteiger charge is -2.04. The lowest BCUT2D eigenvalue weighted by molar-refractivity contribution is 0.0592. The molecular formula is C32H20N2O4. The average Bonchev–Trinajstić information content (AvgIpc) is 2.98. The normalized spacial score (nSPS) is 10.2. The summed E-state index contributed by atoms with van der Waals surface area (Å²) in [6.45, 7) is 0. The number of ether oxygens (including phenoxy) is 2. The van der Waals surface area contributed by atoms with E-state index in [2.05, 4.69) is 23.7 Å². The molecule has 182 valence electrons. The van der Waals surface area contributed by atoms with Gasteiger partial charge in [-0.15, -0.1) is 0 Å². The van der Waals surface area contributed by atoms with Gasteiger partial charge in [0.1, 0.15) is 11.4 Å². The van der Waals surface area contributed by atoms with Crippen molar-refractivity contribution in [2.45, 2.75) is 0 Å². The minimum atomic E-state index is -0.412. The molecule has 2 heterocycles. The zero-order chi connectivity index (χ0) is 26.5. The molecule has 0 aliphatic heterocycles. The van der Waals surface area contributed by atoms with E-state index in [4.69, 9.17) is 19.4 Å². The van der Waals surface area contributed by atoms with Gasteiger partial charge in [-0.3, -0.25) is 0 Å². The van der Waals surface area contributed by atoms with Gasteiger partial charge in [0.25, 0.3) is 0 Å². The first-order valence-electron chi connectivity index (χ1n) is 11.7. The topological polar surface area (TPSA) is 78.4 Å². The third-order valence-electron chi connectivity index (χ3n) is 5.76. The van der Waals surface area contributed by atoms with Crippen LogP contribution in [-0.4, -0.2) is 36.1 Å². The number of carbonyl (C=O) groups is 2. The maximum Gasteiger partial charge on any atom is 0.337 e. The minimum absolute atomic E-state index is 0.412. The summed E-state index contributed by atoms with van der Waals surface area (Å²) >= 11 is 0. The fourth-order valence-electron chi connectivity index (χ4n) is 3.86. The lowest BCUT2D eigenvalue weighted by Crippen LogP contribution is -2.00. The van der Waals surface area contributed by atoms with Gasteiger partial charge in [0.15, 0.2) is 0 Å². The quantitative estimate of drug-likeness (QED) is 0.191. The van der Waals surface area contributed by atoms with Crippen LogP contribution >= 0.6 is 0 Å². The molecule has 0 N–H and O–H groups in total. The van der Waals surface area contributed by atoms with Gasteiger partial charge < -0.3 is 9.47 Å². The zero-order valence-electron chi connectivity index (χ0n) is 20.6. The number of aromatic nitrogens is 2. The number of hydrogen-bond donors (Lipinski definition) is 0. The summed E-state index contributed by atoms with van der Waals surface area (Å²) < 4.78 is 9.56. The molecule has 3 aromatic carbocycles. The van der Waals surface area contributed by atoms with Crippen molar-refractivity contribution < 1.29 is 19.1 Å². The summed E-state index contributed by atoms with van der Waals surface area (Å²) in [5.74, 6) is 11.5. The summed E-state index contributed by atoms with van der Waals surface area (Å²) in [5, 5.41) is 1.86. The molecule has 0 atom stereocenters. The van der Waals surface area contributed by atoms with Gasteiger partial charge in [0, 0.05) is 21.9 Å². The largest absolute Gasteiger partial charge is 0.465 e. The van der Waals surface area contributed by atoms with Crippen LogP contribution < -0.4 is 0 Å². The molecular weight excluding hydrogens is 476 g/mol. The van der Waals surface area contributed by atoms with Crippen LogP contribution in [0.3, 0.4) is 0 Å². The number of nitrogens with zero attached hydrogens (tertiary/aromatic N) is 2. The third kappa shape index (κ3) is 5.21. The number of rotatable bonds is 2. The molecule has 38 heavy (non-hydrogen) atoms. The summed E-state index contributed by atoms with van der Waals surface area (Å²) in [6.07, 6.45) is 0. The second kappa shape index (κ2) is 10.7. The molecule has 0 bridgehead atoms. The van der Waals surface area contributed by atoms with E-state index in [0.29, 0.717) is 44.7 Å². The Bertz CT molecular complexity index is 1720. The Kier molecular flexibility index (Phi) is 6.80. The number of benzene rings is 3. The van der Waals surface area contributed by atoms with Gasteiger partial charge in [-0.25, -0.2) is 19.6 Å². The van der Waals surface area contributed by atoms with Crippen molar-refractivity contribution in [2.24, 2.45) is 0 Å². The van der Waals surface area contributed by atoms with Crippen molar-refractivity contribution >= 4 is 33.7 Å². The first-order valence-corrected chi connectivity index (χ1v) is 11.7. The molecule has 0 fully saturated rings. The Morgan fingerprint density at radius 2 is 1.00 bits per heavy atom. The Balaban J connectivity index is 1.51. The SMILES string of the molecule is COC(=O)c1cccc(C#Cc2ccc3ccc4ccc(C#Cc5cccc(C(=O)OC)c5)nc4c3n2)c1. The standard InChI is InChI=1S/C32H20N2O4/c1-37-31(35)25-7-3-5-21(19-25)9-15-27-17-13-23-11-12-24-14-18-28(34-30(24)29(23)33-27)16-10-22-6-4-8-26(20-22)32(36)38-2/h3-8,11-14,17-20H,1-2H3. The Morgan fingerprint density at radius 3 is 1.42 bits per heavy atom. The van der Waals surface area contributed by atoms with E-state index in [1.54, 1.807) is 36.4 Å². The summed E-state index contributed by atoms with van der Waals surface area (Å²) in [5.41, 5.74) is 4.82. The molecule has 5 aromatic rings. The summed E-state index contributed by atoms with van der Waals surface area (Å²) in [4.78, 5) is 33.1. The molecule has 0 radical (unpaired) electrons. The number of methoxy groups -OCH3 is 2. The van der Waals surface area contributed by atoms with Crippen LogP contribution in [0.4, 0.5) is 0 Å². The molecule has 0 saturated carbocycles. The van der Waals surface area contributed by atoms with E-state index in [0.717, 1.165) is 10.8 Å². The Morgan fingerprint density at radius 1 is 0.579 bits per heavy atom. The summed E-state index contributed by atoms with van der Waals surface area (Å²) in [7, 11) is 2.69. The molecule has 6 heteroatoms. The van der Waals surface area contributed by atoms with Gasteiger partial charge in [0.05, 0.1) is 36.4 Å². The highest BCUT2D eigenvalue weighted by atomic mass is 16.5. The number of pyridine rings is 2. The Labute approximate surface area is 219 Å². The van der Waals surface area contributed by atoms with Gasteiger partial charge in [-0.05, 0) is 72.5 Å². The van der Waals surface area contributed by atoms with Crippen LogP contribution in [-0.2, 0) is 9.47 Å². The van der Waals surface area contributed by atoms with Crippen molar-refractivity contribution in [1.29, 1.82) is 0 Å². The predicted octanol–water partition coefficient (Wildman–Crippen LogP) is 5.16. The average molecular weight is 497 g/mol. The van der Waals surface area contributed by atoms with Crippen molar-refractivity contribution in [3.63, 3.8) is 0 Å². The first-order chi connectivity index (χ1) is 18.5. The number of hydrogen-bond acceptors (Lipinski definition) is 6. The number of fused-ring (bicyclic) bond motifs is 3. The van der Waals surface area contributed by atoms with Gasteiger partial charge >= 0.3 is 11.9 Å². The maximum absolute atomic E-state index is 11.8. The highest BCUT2D eigenvalue weighted by Crippen LogP contribution is 2.23. The molecule has 0 amide bonds. The van der Waals surface area contributed by atoms with E-state index in [1.807, 2.05) is 48.5 Å². The van der Waals surface area contributed by atoms with Crippen LogP contribution in [0.1, 0.15) is 43.2 Å². The maximum atomic E-state index is 11.8. The number of esters is 2. The molecule has 0 aliphatic carbocycles. The Hall–Kier alpha value is -5.46. The van der Waals surface area contributed by atoms with Crippen LogP contribution in [0, 0.1) is 23.7 Å². The van der Waals surface area contributed by atoms with Crippen molar-refractivity contribution in [2.75, 3.05) is 14.2 Å². The highest BCUT2D eigenvalue weighted by molar-refractivity contribution is 6.03. The molecule has 0 saturated heterocycles. The zero-order valence-corrected chi connectivity index (χ0v) is 20.6. The predicted molar refractivity (Wildman–Crippen MR) is 145 cm³/mol. The molecule has 6 nitrogen and oxygen atoms in total. The van der Waals surface area contributed by atoms with E-state index in [9.17, 15) is 9.59 Å². The van der Waals surface area contributed by atoms with Gasteiger partial charge in [-0.2, -0.15) is 0 Å². The second-order valence-electron chi connectivity index (χ2n) is 8.25. The molecule has 0 unspecified atom stereocenters. The minimum Gasteiger partial charge on any atom is -0.465 e. The van der Waals surface area contributed by atoms with Crippen molar-refractivity contribution in [3.05, 3.63) is 119 Å². The van der Waals surface area contributed by atoms with Crippen molar-refractivity contribution in [3.8, 4) is 23.7 Å². The van der Waals surface area contributed by atoms with E-state index in [-0.39, 0.29) is 0 Å². The third-order valence-corrected chi connectivity index (χ3v) is 5.76. The highest BCUT2D eigenvalue weighted by Gasteiger charge is 2.07. The molecule has 5 rings (SSSR count). The molecule has 0 spiro atoms. The van der Waals surface area contributed by atoms with Crippen molar-refractivity contribution in [1.82, 2.24) is 9.97 Å². The van der Waals surface area contributed by atoms with Crippen LogP contribution in [0.5, 0.6) is 0 Å². The second-order valence-corrected chi connectivity index (χ2v) is 8.25. The lowest BCUT2D eigenvalue weighted by atomic mass is 10.1. The smallest absolute Gasteiger partial charge is 0.337 e. The van der Waals surface area contributed by atoms with E-state index < -0.39 is 11.9 Å². The van der Waals surface area contributed by atoms with E-state index in [1.165, 1.54) is 14.2 Å². The fraction of sp³-hybridized carbons (Fsp3) is 0.0625. The molecule has 2 aromatic heterocycles. The van der Waals surface area contributed by atoms with Crippen LogP contribution in [0.25, 0.3) is 21.8 Å². The summed E-state index contributed by atoms with van der Waals surface area (Å²) in [6, 6.07) is 25.5. The fourth-order valence-corrected chi connectivity index (χ4v) is 3.86. The first kappa shape index (κ1) is 24.2.